The zero-order valence-corrected chi connectivity index (χ0v) is 17.6. The van der Waals surface area contributed by atoms with Gasteiger partial charge in [0.2, 0.25) is 17.7 Å². The van der Waals surface area contributed by atoms with E-state index in [-0.39, 0.29) is 6.42 Å². The Morgan fingerprint density at radius 3 is 1.94 bits per heavy atom. The third kappa shape index (κ3) is 8.70. The number of carbonyl (C=O) groups excluding carboxylic acids is 3. The summed E-state index contributed by atoms with van der Waals surface area (Å²) in [6.07, 6.45) is -1.95. The molecule has 0 aliphatic rings. The number of nitrogens with one attached hydrogen (secondary N) is 3. The average molecular weight is 452 g/mol. The van der Waals surface area contributed by atoms with Crippen molar-refractivity contribution in [3.8, 4) is 0 Å². The van der Waals surface area contributed by atoms with E-state index in [2.05, 4.69) is 10.6 Å². The fourth-order valence-corrected chi connectivity index (χ4v) is 2.60. The van der Waals surface area contributed by atoms with Gasteiger partial charge in [0.15, 0.2) is 0 Å². The Balaban J connectivity index is 2.90. The molecule has 0 saturated heterocycles. The third-order valence-electron chi connectivity index (χ3n) is 4.48. The van der Waals surface area contributed by atoms with Crippen LogP contribution >= 0.6 is 0 Å². The Morgan fingerprint density at radius 1 is 0.875 bits per heavy atom. The maximum Gasteiger partial charge on any atom is 0.326 e. The second-order valence-electron chi connectivity index (χ2n) is 7.24. The summed E-state index contributed by atoms with van der Waals surface area (Å²) in [5.74, 6) is -5.42. The van der Waals surface area contributed by atoms with Gasteiger partial charge in [-0.1, -0.05) is 30.3 Å². The molecule has 32 heavy (non-hydrogen) atoms. The number of amides is 3. The van der Waals surface area contributed by atoms with E-state index in [9.17, 15) is 29.1 Å². The van der Waals surface area contributed by atoms with Crippen LogP contribution in [0.4, 0.5) is 0 Å². The molecule has 1 aromatic rings. The van der Waals surface area contributed by atoms with Crippen LogP contribution in [0.15, 0.2) is 30.3 Å². The Bertz CT molecular complexity index is 830. The van der Waals surface area contributed by atoms with Crippen molar-refractivity contribution in [3.63, 3.8) is 0 Å². The molecule has 12 heteroatoms. The molecule has 0 bridgehead atoms. The number of nitrogens with two attached hydrogens (primary N) is 1. The average Bonchev–Trinajstić information content (AvgIpc) is 2.72. The normalized spacial score (nSPS) is 15.4. The highest BCUT2D eigenvalue weighted by molar-refractivity contribution is 5.94. The fraction of sp³-hybridized carbons (Fsp3) is 0.450. The van der Waals surface area contributed by atoms with Crippen LogP contribution in [0.2, 0.25) is 0 Å². The highest BCUT2D eigenvalue weighted by Crippen LogP contribution is 2.05. The molecule has 1 rings (SSSR count). The lowest BCUT2D eigenvalue weighted by atomic mass is 10.0. The fourth-order valence-electron chi connectivity index (χ4n) is 2.60. The van der Waals surface area contributed by atoms with Gasteiger partial charge in [0.05, 0.1) is 12.5 Å². The number of aliphatic carboxylic acids is 2. The predicted molar refractivity (Wildman–Crippen MR) is 111 cm³/mol. The van der Waals surface area contributed by atoms with Crippen molar-refractivity contribution in [1.29, 1.82) is 0 Å². The van der Waals surface area contributed by atoms with E-state index in [1.165, 1.54) is 13.8 Å². The topological polar surface area (TPSA) is 208 Å². The van der Waals surface area contributed by atoms with Crippen LogP contribution in [0.25, 0.3) is 0 Å². The van der Waals surface area contributed by atoms with Gasteiger partial charge in [0.25, 0.3) is 0 Å². The molecule has 0 saturated carbocycles. The summed E-state index contributed by atoms with van der Waals surface area (Å²) in [7, 11) is 0. The molecule has 0 heterocycles. The molecule has 0 spiro atoms. The van der Waals surface area contributed by atoms with Gasteiger partial charge in [0.1, 0.15) is 24.2 Å². The molecule has 5 atom stereocenters. The maximum atomic E-state index is 12.8. The monoisotopic (exact) mass is 452 g/mol. The largest absolute Gasteiger partial charge is 0.481 e. The Morgan fingerprint density at radius 2 is 1.44 bits per heavy atom. The third-order valence-corrected chi connectivity index (χ3v) is 4.48. The molecule has 0 aliphatic carbocycles. The molecule has 12 nitrogen and oxygen atoms in total. The molecule has 0 radical (unpaired) electrons. The Kier molecular flexibility index (Phi) is 10.3. The van der Waals surface area contributed by atoms with Crippen molar-refractivity contribution in [2.45, 2.75) is 57.0 Å². The van der Waals surface area contributed by atoms with Crippen LogP contribution in [0.1, 0.15) is 25.8 Å². The molecule has 0 aromatic heterocycles. The molecular weight excluding hydrogens is 424 g/mol. The standard InChI is InChI=1S/C20H28N4O8/c1-10(17(28)24-14(20(31)32)9-15(26)27)22-18(29)13(8-12-6-4-3-5-7-12)23-19(30)16(21)11(2)25/h3-7,10-11,13-14,16,25H,8-9,21H2,1-2H3,(H,22,29)(H,23,30)(H,24,28)(H,26,27)(H,31,32). The number of hydrogen-bond donors (Lipinski definition) is 7. The first-order valence-corrected chi connectivity index (χ1v) is 9.75. The minimum atomic E-state index is -1.68. The number of aliphatic hydroxyl groups is 1. The van der Waals surface area contributed by atoms with Crippen LogP contribution in [0, 0.1) is 0 Å². The van der Waals surface area contributed by atoms with Gasteiger partial charge in [-0.15, -0.1) is 0 Å². The number of benzene rings is 1. The lowest BCUT2D eigenvalue weighted by Crippen LogP contribution is -2.58. The number of carbonyl (C=O) groups is 5. The smallest absolute Gasteiger partial charge is 0.326 e. The predicted octanol–water partition coefficient (Wildman–Crippen LogP) is -2.03. The van der Waals surface area contributed by atoms with E-state index >= 15 is 0 Å². The van der Waals surface area contributed by atoms with E-state index in [1.54, 1.807) is 30.3 Å². The van der Waals surface area contributed by atoms with E-state index < -0.39 is 66.4 Å². The van der Waals surface area contributed by atoms with Gasteiger partial charge in [-0.05, 0) is 19.4 Å². The molecule has 5 unspecified atom stereocenters. The first-order chi connectivity index (χ1) is 14.9. The molecule has 3 amide bonds. The van der Waals surface area contributed by atoms with Crippen molar-refractivity contribution in [1.82, 2.24) is 16.0 Å². The van der Waals surface area contributed by atoms with Gasteiger partial charge in [0, 0.05) is 6.42 Å². The van der Waals surface area contributed by atoms with Gasteiger partial charge >= 0.3 is 11.9 Å². The highest BCUT2D eigenvalue weighted by Gasteiger charge is 2.30. The van der Waals surface area contributed by atoms with Gasteiger partial charge in [-0.3, -0.25) is 19.2 Å². The first-order valence-electron chi connectivity index (χ1n) is 9.75. The summed E-state index contributed by atoms with van der Waals surface area (Å²) >= 11 is 0. The van der Waals surface area contributed by atoms with Crippen LogP contribution in [0.3, 0.4) is 0 Å². The minimum Gasteiger partial charge on any atom is -0.481 e. The number of carboxylic acids is 2. The van der Waals surface area contributed by atoms with Crippen molar-refractivity contribution < 1.29 is 39.3 Å². The maximum absolute atomic E-state index is 12.8. The van der Waals surface area contributed by atoms with Crippen LogP contribution in [-0.4, -0.2) is 75.3 Å². The zero-order valence-electron chi connectivity index (χ0n) is 17.6. The molecule has 176 valence electrons. The Labute approximate surface area is 184 Å². The van der Waals surface area contributed by atoms with E-state index in [0.717, 1.165) is 0 Å². The van der Waals surface area contributed by atoms with Gasteiger partial charge in [-0.25, -0.2) is 4.79 Å². The second-order valence-corrected chi connectivity index (χ2v) is 7.24. The van der Waals surface area contributed by atoms with Crippen molar-refractivity contribution >= 4 is 29.7 Å². The summed E-state index contributed by atoms with van der Waals surface area (Å²) in [6.45, 7) is 2.59. The number of carboxylic acid groups (broad SMARTS) is 2. The van der Waals surface area contributed by atoms with E-state index in [4.69, 9.17) is 15.9 Å². The second kappa shape index (κ2) is 12.4. The van der Waals surface area contributed by atoms with Crippen molar-refractivity contribution in [2.24, 2.45) is 5.73 Å². The molecule has 0 fully saturated rings. The first kappa shape index (κ1) is 26.5. The summed E-state index contributed by atoms with van der Waals surface area (Å²) in [6, 6.07) is 3.33. The summed E-state index contributed by atoms with van der Waals surface area (Å²) in [5.41, 5.74) is 6.31. The van der Waals surface area contributed by atoms with Crippen LogP contribution < -0.4 is 21.7 Å². The number of rotatable bonds is 12. The lowest BCUT2D eigenvalue weighted by molar-refractivity contribution is -0.147. The van der Waals surface area contributed by atoms with Crippen LogP contribution in [0.5, 0.6) is 0 Å². The SMILES string of the molecule is CC(NC(=O)C(Cc1ccccc1)NC(=O)C(N)C(C)O)C(=O)NC(CC(=O)O)C(=O)O. The van der Waals surface area contributed by atoms with E-state index in [0.29, 0.717) is 5.56 Å². The van der Waals surface area contributed by atoms with Crippen molar-refractivity contribution in [2.75, 3.05) is 0 Å². The van der Waals surface area contributed by atoms with E-state index in [1.807, 2.05) is 5.32 Å². The summed E-state index contributed by atoms with van der Waals surface area (Å²) in [4.78, 5) is 59.2. The molecular formula is C20H28N4O8. The molecule has 8 N–H and O–H groups in total. The van der Waals surface area contributed by atoms with Crippen LogP contribution in [-0.2, 0) is 30.4 Å². The summed E-state index contributed by atoms with van der Waals surface area (Å²) < 4.78 is 0. The quantitative estimate of drug-likeness (QED) is 0.186. The van der Waals surface area contributed by atoms with Crippen molar-refractivity contribution in [3.05, 3.63) is 35.9 Å². The molecule has 0 aliphatic heterocycles. The van der Waals surface area contributed by atoms with Gasteiger partial charge < -0.3 is 37.0 Å². The number of hydrogen-bond acceptors (Lipinski definition) is 7. The number of aliphatic hydroxyl groups excluding tert-OH is 1. The zero-order chi connectivity index (χ0) is 24.4. The minimum absolute atomic E-state index is 0.0516. The molecule has 1 aromatic carbocycles. The van der Waals surface area contributed by atoms with Gasteiger partial charge in [-0.2, -0.15) is 0 Å². The lowest BCUT2D eigenvalue weighted by Gasteiger charge is -2.24. The summed E-state index contributed by atoms with van der Waals surface area (Å²) in [5, 5.41) is 34.1. The Hall–Kier alpha value is -3.51. The highest BCUT2D eigenvalue weighted by atomic mass is 16.4.